The molecule has 0 spiro atoms. The number of aryl methyl sites for hydroxylation is 2. The third-order valence-corrected chi connectivity index (χ3v) is 4.19. The quantitative estimate of drug-likeness (QED) is 0.850. The lowest BCUT2D eigenvalue weighted by molar-refractivity contribution is -0.134. The Hall–Kier alpha value is -1.63. The SMILES string of the molecule is Cc1cccc(C)c1NC(=O)CN1CCN(C(=O)C(C)N)CC1.Cl. The van der Waals surface area contributed by atoms with Crippen LogP contribution in [0, 0.1) is 13.8 Å². The summed E-state index contributed by atoms with van der Waals surface area (Å²) in [5.74, 6) is -0.0426. The highest BCUT2D eigenvalue weighted by Crippen LogP contribution is 2.19. The Labute approximate surface area is 149 Å². The van der Waals surface area contributed by atoms with Gasteiger partial charge in [0, 0.05) is 31.9 Å². The van der Waals surface area contributed by atoms with E-state index in [-0.39, 0.29) is 24.2 Å². The Morgan fingerprint density at radius 3 is 2.21 bits per heavy atom. The molecule has 0 bridgehead atoms. The minimum atomic E-state index is -0.464. The maximum Gasteiger partial charge on any atom is 0.239 e. The van der Waals surface area contributed by atoms with E-state index < -0.39 is 6.04 Å². The van der Waals surface area contributed by atoms with E-state index >= 15 is 0 Å². The van der Waals surface area contributed by atoms with Gasteiger partial charge in [0.2, 0.25) is 11.8 Å². The number of halogens is 1. The zero-order valence-corrected chi connectivity index (χ0v) is 15.4. The number of benzene rings is 1. The van der Waals surface area contributed by atoms with Crippen molar-refractivity contribution >= 4 is 29.9 Å². The minimum Gasteiger partial charge on any atom is -0.339 e. The second-order valence-electron chi connectivity index (χ2n) is 6.21. The second-order valence-corrected chi connectivity index (χ2v) is 6.21. The summed E-state index contributed by atoms with van der Waals surface area (Å²) < 4.78 is 0. The zero-order chi connectivity index (χ0) is 17.0. The van der Waals surface area contributed by atoms with Gasteiger partial charge in [0.05, 0.1) is 12.6 Å². The number of amides is 2. The number of rotatable bonds is 4. The van der Waals surface area contributed by atoms with Crippen LogP contribution in [0.5, 0.6) is 0 Å². The van der Waals surface area contributed by atoms with Gasteiger partial charge in [0.15, 0.2) is 0 Å². The zero-order valence-electron chi connectivity index (χ0n) is 14.5. The van der Waals surface area contributed by atoms with E-state index in [1.807, 2.05) is 32.0 Å². The van der Waals surface area contributed by atoms with Gasteiger partial charge in [0.25, 0.3) is 0 Å². The van der Waals surface area contributed by atoms with Crippen molar-refractivity contribution in [2.75, 3.05) is 38.0 Å². The van der Waals surface area contributed by atoms with Gasteiger partial charge in [0.1, 0.15) is 0 Å². The molecule has 1 unspecified atom stereocenters. The molecule has 3 N–H and O–H groups in total. The Balaban J connectivity index is 0.00000288. The van der Waals surface area contributed by atoms with E-state index in [0.717, 1.165) is 16.8 Å². The second kappa shape index (κ2) is 9.01. The molecule has 7 heteroatoms. The lowest BCUT2D eigenvalue weighted by Crippen LogP contribution is -2.53. The first kappa shape index (κ1) is 20.4. The summed E-state index contributed by atoms with van der Waals surface area (Å²) in [6.45, 7) is 8.65. The van der Waals surface area contributed by atoms with Crippen molar-refractivity contribution in [3.63, 3.8) is 0 Å². The maximum absolute atomic E-state index is 12.3. The van der Waals surface area contributed by atoms with Crippen LogP contribution in [0.3, 0.4) is 0 Å². The molecule has 24 heavy (non-hydrogen) atoms. The predicted octanol–water partition coefficient (Wildman–Crippen LogP) is 1.16. The van der Waals surface area contributed by atoms with Crippen molar-refractivity contribution in [1.29, 1.82) is 0 Å². The predicted molar refractivity (Wildman–Crippen MR) is 98.5 cm³/mol. The fourth-order valence-corrected chi connectivity index (χ4v) is 2.81. The van der Waals surface area contributed by atoms with Gasteiger partial charge in [-0.2, -0.15) is 0 Å². The van der Waals surface area contributed by atoms with Crippen LogP contribution < -0.4 is 11.1 Å². The highest BCUT2D eigenvalue weighted by molar-refractivity contribution is 5.93. The van der Waals surface area contributed by atoms with Crippen molar-refractivity contribution in [2.45, 2.75) is 26.8 Å². The Kier molecular flexibility index (Phi) is 7.66. The molecule has 134 valence electrons. The van der Waals surface area contributed by atoms with E-state index in [1.165, 1.54) is 0 Å². The van der Waals surface area contributed by atoms with E-state index in [2.05, 4.69) is 10.2 Å². The molecule has 1 fully saturated rings. The molecular weight excluding hydrogens is 328 g/mol. The van der Waals surface area contributed by atoms with Gasteiger partial charge in [-0.15, -0.1) is 12.4 Å². The largest absolute Gasteiger partial charge is 0.339 e. The molecule has 1 aliphatic rings. The fourth-order valence-electron chi connectivity index (χ4n) is 2.81. The van der Waals surface area contributed by atoms with Crippen LogP contribution in [0.1, 0.15) is 18.1 Å². The minimum absolute atomic E-state index is 0. The highest BCUT2D eigenvalue weighted by Gasteiger charge is 2.24. The van der Waals surface area contributed by atoms with Gasteiger partial charge < -0.3 is 16.0 Å². The smallest absolute Gasteiger partial charge is 0.239 e. The summed E-state index contributed by atoms with van der Waals surface area (Å²) in [6, 6.07) is 5.49. The monoisotopic (exact) mass is 354 g/mol. The first-order chi connectivity index (χ1) is 10.9. The van der Waals surface area contributed by atoms with Crippen LogP contribution in [0.15, 0.2) is 18.2 Å². The molecular formula is C17H27ClN4O2. The molecule has 1 aromatic carbocycles. The molecule has 1 aliphatic heterocycles. The number of para-hydroxylation sites is 1. The van der Waals surface area contributed by atoms with Crippen molar-refractivity contribution in [3.05, 3.63) is 29.3 Å². The summed E-state index contributed by atoms with van der Waals surface area (Å²) in [5, 5.41) is 3.00. The topological polar surface area (TPSA) is 78.7 Å². The Morgan fingerprint density at radius 1 is 1.17 bits per heavy atom. The number of carbonyl (C=O) groups excluding carboxylic acids is 2. The molecule has 0 radical (unpaired) electrons. The van der Waals surface area contributed by atoms with Crippen LogP contribution in [-0.2, 0) is 9.59 Å². The number of anilines is 1. The van der Waals surface area contributed by atoms with Gasteiger partial charge in [-0.25, -0.2) is 0 Å². The highest BCUT2D eigenvalue weighted by atomic mass is 35.5. The first-order valence-electron chi connectivity index (χ1n) is 8.01. The molecule has 2 rings (SSSR count). The average molecular weight is 355 g/mol. The Morgan fingerprint density at radius 2 is 1.71 bits per heavy atom. The number of hydrogen-bond donors (Lipinski definition) is 2. The van der Waals surface area contributed by atoms with Crippen LogP contribution in [0.2, 0.25) is 0 Å². The number of nitrogens with two attached hydrogens (primary N) is 1. The van der Waals surface area contributed by atoms with Crippen LogP contribution in [0.25, 0.3) is 0 Å². The van der Waals surface area contributed by atoms with Crippen molar-refractivity contribution in [3.8, 4) is 0 Å². The summed E-state index contributed by atoms with van der Waals surface area (Å²) >= 11 is 0. The molecule has 2 amide bonds. The average Bonchev–Trinajstić information content (AvgIpc) is 2.51. The van der Waals surface area contributed by atoms with Crippen LogP contribution in [0.4, 0.5) is 5.69 Å². The van der Waals surface area contributed by atoms with Crippen LogP contribution in [-0.4, -0.2) is 60.4 Å². The molecule has 0 saturated carbocycles. The number of nitrogens with one attached hydrogen (secondary N) is 1. The van der Waals surface area contributed by atoms with E-state index in [0.29, 0.717) is 32.7 Å². The molecule has 1 heterocycles. The van der Waals surface area contributed by atoms with Gasteiger partial charge in [-0.05, 0) is 31.9 Å². The number of nitrogens with zero attached hydrogens (tertiary/aromatic N) is 2. The van der Waals surface area contributed by atoms with E-state index in [1.54, 1.807) is 11.8 Å². The van der Waals surface area contributed by atoms with Crippen LogP contribution >= 0.6 is 12.4 Å². The normalized spacial score (nSPS) is 16.2. The molecule has 1 atom stereocenters. The fraction of sp³-hybridized carbons (Fsp3) is 0.529. The van der Waals surface area contributed by atoms with Crippen molar-refractivity contribution < 1.29 is 9.59 Å². The molecule has 0 aliphatic carbocycles. The summed E-state index contributed by atoms with van der Waals surface area (Å²) in [5.41, 5.74) is 8.64. The summed E-state index contributed by atoms with van der Waals surface area (Å²) in [6.07, 6.45) is 0. The molecule has 0 aromatic heterocycles. The summed E-state index contributed by atoms with van der Waals surface area (Å²) in [4.78, 5) is 27.9. The number of hydrogen-bond acceptors (Lipinski definition) is 4. The molecule has 1 saturated heterocycles. The standard InChI is InChI=1S/C17H26N4O2.ClH/c1-12-5-4-6-13(2)16(12)19-15(22)11-20-7-9-21(10-8-20)17(23)14(3)18;/h4-6,14H,7-11,18H2,1-3H3,(H,19,22);1H. The van der Waals surface area contributed by atoms with E-state index in [9.17, 15) is 9.59 Å². The lowest BCUT2D eigenvalue weighted by Gasteiger charge is -2.35. The Bertz CT molecular complexity index is 564. The third-order valence-electron chi connectivity index (χ3n) is 4.19. The van der Waals surface area contributed by atoms with Gasteiger partial charge in [-0.1, -0.05) is 18.2 Å². The third kappa shape index (κ3) is 5.19. The number of carbonyl (C=O) groups is 2. The first-order valence-corrected chi connectivity index (χ1v) is 8.01. The molecule has 1 aromatic rings. The molecule has 6 nitrogen and oxygen atoms in total. The maximum atomic E-state index is 12.3. The van der Waals surface area contributed by atoms with Gasteiger partial charge >= 0.3 is 0 Å². The van der Waals surface area contributed by atoms with Gasteiger partial charge in [-0.3, -0.25) is 14.5 Å². The summed E-state index contributed by atoms with van der Waals surface area (Å²) in [7, 11) is 0. The lowest BCUT2D eigenvalue weighted by atomic mass is 10.1. The van der Waals surface area contributed by atoms with Crippen molar-refractivity contribution in [2.24, 2.45) is 5.73 Å². The van der Waals surface area contributed by atoms with Crippen molar-refractivity contribution in [1.82, 2.24) is 9.80 Å². The van der Waals surface area contributed by atoms with E-state index in [4.69, 9.17) is 5.73 Å². The number of piperazine rings is 1.